The predicted molar refractivity (Wildman–Crippen MR) is 39.9 cm³/mol. The SMILES string of the molecule is CC(=O)N(O)C[C@@H](O)CP(=O)([O-])O. The number of hydroxylamine groups is 2. The molecule has 0 saturated heterocycles. The van der Waals surface area contributed by atoms with Crippen molar-refractivity contribution in [2.75, 3.05) is 12.7 Å². The lowest BCUT2D eigenvalue weighted by Crippen LogP contribution is -2.35. The third kappa shape index (κ3) is 6.68. The molecule has 0 aromatic carbocycles. The van der Waals surface area contributed by atoms with Crippen LogP contribution in [0.1, 0.15) is 6.92 Å². The fourth-order valence-electron chi connectivity index (χ4n) is 0.652. The Labute approximate surface area is 74.7 Å². The van der Waals surface area contributed by atoms with Gasteiger partial charge in [0.15, 0.2) is 0 Å². The summed E-state index contributed by atoms with van der Waals surface area (Å²) in [5.74, 6) is -0.724. The number of aliphatic hydroxyl groups is 1. The van der Waals surface area contributed by atoms with E-state index in [-0.39, 0.29) is 5.06 Å². The first-order chi connectivity index (χ1) is 5.72. The van der Waals surface area contributed by atoms with Crippen molar-refractivity contribution in [1.82, 2.24) is 5.06 Å². The molecular weight excluding hydrogens is 201 g/mol. The second-order valence-corrected chi connectivity index (χ2v) is 4.22. The molecule has 0 spiro atoms. The van der Waals surface area contributed by atoms with E-state index >= 15 is 0 Å². The predicted octanol–water partition coefficient (Wildman–Crippen LogP) is -1.87. The molecule has 0 bridgehead atoms. The fraction of sp³-hybridized carbons (Fsp3) is 0.800. The lowest BCUT2D eigenvalue weighted by molar-refractivity contribution is -0.196. The number of hydrogen-bond acceptors (Lipinski definition) is 5. The van der Waals surface area contributed by atoms with Crippen LogP contribution in [-0.2, 0) is 9.36 Å². The minimum absolute atomic E-state index is 0.167. The highest BCUT2D eigenvalue weighted by atomic mass is 31.2. The second kappa shape index (κ2) is 4.69. The topological polar surface area (TPSA) is 121 Å². The van der Waals surface area contributed by atoms with Gasteiger partial charge in [-0.15, -0.1) is 0 Å². The number of hydrogen-bond donors (Lipinski definition) is 3. The van der Waals surface area contributed by atoms with Gasteiger partial charge in [0, 0.05) is 13.1 Å². The first-order valence-electron chi connectivity index (χ1n) is 3.40. The van der Waals surface area contributed by atoms with E-state index in [2.05, 4.69) is 0 Å². The molecule has 0 heterocycles. The van der Waals surface area contributed by atoms with Crippen LogP contribution in [0.4, 0.5) is 0 Å². The van der Waals surface area contributed by atoms with Gasteiger partial charge in [-0.3, -0.25) is 10.0 Å². The Bertz CT molecular complexity index is 225. The molecule has 0 aliphatic heterocycles. The molecule has 0 aromatic rings. The number of rotatable bonds is 4. The molecule has 0 aliphatic rings. The molecule has 0 rings (SSSR count). The number of amides is 1. The molecule has 8 heteroatoms. The number of nitrogens with zero attached hydrogens (tertiary/aromatic N) is 1. The van der Waals surface area contributed by atoms with Gasteiger partial charge in [0.1, 0.15) is 7.60 Å². The summed E-state index contributed by atoms with van der Waals surface area (Å²) in [7, 11) is -4.56. The summed E-state index contributed by atoms with van der Waals surface area (Å²) in [5.41, 5.74) is 0. The van der Waals surface area contributed by atoms with Crippen LogP contribution in [-0.4, -0.2) is 45.0 Å². The minimum atomic E-state index is -4.56. The number of carbonyl (C=O) groups is 1. The summed E-state index contributed by atoms with van der Waals surface area (Å²) in [6.07, 6.45) is -2.39. The molecule has 1 unspecified atom stereocenters. The summed E-state index contributed by atoms with van der Waals surface area (Å²) >= 11 is 0. The van der Waals surface area contributed by atoms with Gasteiger partial charge >= 0.3 is 0 Å². The molecule has 1 amide bonds. The molecule has 0 aromatic heterocycles. The zero-order chi connectivity index (χ0) is 10.6. The van der Waals surface area contributed by atoms with Crippen molar-refractivity contribution in [3.05, 3.63) is 0 Å². The molecule has 0 aliphatic carbocycles. The first kappa shape index (κ1) is 12.5. The van der Waals surface area contributed by atoms with Gasteiger partial charge in [-0.05, 0) is 0 Å². The summed E-state index contributed by atoms with van der Waals surface area (Å²) in [6, 6.07) is 0. The highest BCUT2D eigenvalue weighted by Gasteiger charge is 2.16. The lowest BCUT2D eigenvalue weighted by atomic mass is 10.4. The standard InChI is InChI=1S/C5H12NO6P/c1-4(7)6(9)2-5(8)3-13(10,11)12/h5,8-9H,2-3H2,1H3,(H2,10,11,12)/p-1/t5-/m1/s1. The highest BCUT2D eigenvalue weighted by molar-refractivity contribution is 7.50. The van der Waals surface area contributed by atoms with Gasteiger partial charge in [-0.25, -0.2) is 5.06 Å². The van der Waals surface area contributed by atoms with Crippen LogP contribution in [0, 0.1) is 0 Å². The van der Waals surface area contributed by atoms with Crippen LogP contribution in [0.25, 0.3) is 0 Å². The van der Waals surface area contributed by atoms with E-state index in [9.17, 15) is 14.3 Å². The largest absolute Gasteiger partial charge is 0.779 e. The normalized spacial score (nSPS) is 17.6. The summed E-state index contributed by atoms with van der Waals surface area (Å²) in [6.45, 7) is 0.491. The van der Waals surface area contributed by atoms with Crippen molar-refractivity contribution in [1.29, 1.82) is 0 Å². The lowest BCUT2D eigenvalue weighted by Gasteiger charge is -2.22. The third-order valence-corrected chi connectivity index (χ3v) is 2.07. The molecule has 3 N–H and O–H groups in total. The van der Waals surface area contributed by atoms with E-state index in [4.69, 9.17) is 15.2 Å². The molecule has 0 saturated carbocycles. The van der Waals surface area contributed by atoms with Crippen molar-refractivity contribution >= 4 is 13.5 Å². The monoisotopic (exact) mass is 212 g/mol. The third-order valence-electron chi connectivity index (χ3n) is 1.19. The van der Waals surface area contributed by atoms with Crippen LogP contribution < -0.4 is 4.89 Å². The Balaban J connectivity index is 3.95. The van der Waals surface area contributed by atoms with E-state index in [1.54, 1.807) is 0 Å². The van der Waals surface area contributed by atoms with Crippen LogP contribution in [0.2, 0.25) is 0 Å². The number of carbonyl (C=O) groups excluding carboxylic acids is 1. The average Bonchev–Trinajstić information content (AvgIpc) is 1.81. The van der Waals surface area contributed by atoms with Gasteiger partial charge in [0.25, 0.3) is 0 Å². The van der Waals surface area contributed by atoms with Crippen LogP contribution in [0.15, 0.2) is 0 Å². The Kier molecular flexibility index (Phi) is 4.52. The van der Waals surface area contributed by atoms with Crippen molar-refractivity contribution in [3.8, 4) is 0 Å². The average molecular weight is 212 g/mol. The van der Waals surface area contributed by atoms with Crippen molar-refractivity contribution in [3.63, 3.8) is 0 Å². The minimum Gasteiger partial charge on any atom is -0.779 e. The second-order valence-electron chi connectivity index (χ2n) is 2.57. The van der Waals surface area contributed by atoms with Gasteiger partial charge < -0.3 is 19.5 Å². The Morgan fingerprint density at radius 2 is 2.15 bits per heavy atom. The molecule has 0 fully saturated rings. The van der Waals surface area contributed by atoms with Gasteiger partial charge in [0.2, 0.25) is 5.91 Å². The Morgan fingerprint density at radius 1 is 1.69 bits per heavy atom. The van der Waals surface area contributed by atoms with Crippen LogP contribution >= 0.6 is 7.60 Å². The smallest absolute Gasteiger partial charge is 0.242 e. The maximum Gasteiger partial charge on any atom is 0.242 e. The zero-order valence-electron chi connectivity index (χ0n) is 6.95. The van der Waals surface area contributed by atoms with E-state index in [1.807, 2.05) is 0 Å². The highest BCUT2D eigenvalue weighted by Crippen LogP contribution is 2.29. The number of aliphatic hydroxyl groups excluding tert-OH is 1. The quantitative estimate of drug-likeness (QED) is 0.285. The Hall–Kier alpha value is -0.460. The zero-order valence-corrected chi connectivity index (χ0v) is 7.85. The summed E-state index contributed by atoms with van der Waals surface area (Å²) < 4.78 is 10.2. The van der Waals surface area contributed by atoms with Crippen molar-refractivity contribution < 1.29 is 29.5 Å². The van der Waals surface area contributed by atoms with Gasteiger partial charge in [-0.1, -0.05) is 0 Å². The van der Waals surface area contributed by atoms with Crippen molar-refractivity contribution in [2.24, 2.45) is 0 Å². The Morgan fingerprint density at radius 3 is 2.46 bits per heavy atom. The van der Waals surface area contributed by atoms with Crippen LogP contribution in [0.3, 0.4) is 0 Å². The van der Waals surface area contributed by atoms with Crippen LogP contribution in [0.5, 0.6) is 0 Å². The summed E-state index contributed by atoms with van der Waals surface area (Å²) in [5, 5.41) is 17.8. The maximum absolute atomic E-state index is 10.4. The molecule has 0 radical (unpaired) electrons. The van der Waals surface area contributed by atoms with E-state index in [0.29, 0.717) is 0 Å². The molecule has 78 valence electrons. The molecule has 2 atom stereocenters. The van der Waals surface area contributed by atoms with E-state index < -0.39 is 32.3 Å². The molecule has 7 nitrogen and oxygen atoms in total. The maximum atomic E-state index is 10.4. The first-order valence-corrected chi connectivity index (χ1v) is 5.16. The van der Waals surface area contributed by atoms with E-state index in [0.717, 1.165) is 6.92 Å². The summed E-state index contributed by atoms with van der Waals surface area (Å²) in [4.78, 5) is 28.9. The fourth-order valence-corrected chi connectivity index (χ4v) is 1.30. The van der Waals surface area contributed by atoms with Gasteiger partial charge in [0.05, 0.1) is 12.6 Å². The molecular formula is C5H11NO6P-. The molecule has 13 heavy (non-hydrogen) atoms. The van der Waals surface area contributed by atoms with E-state index in [1.165, 1.54) is 0 Å². The van der Waals surface area contributed by atoms with Crippen molar-refractivity contribution in [2.45, 2.75) is 13.0 Å². The van der Waals surface area contributed by atoms with Gasteiger partial charge in [-0.2, -0.15) is 0 Å².